The van der Waals surface area contributed by atoms with Crippen LogP contribution in [0.25, 0.3) is 10.9 Å². The third-order valence-electron chi connectivity index (χ3n) is 4.21. The normalized spacial score (nSPS) is 17.0. The van der Waals surface area contributed by atoms with Gasteiger partial charge in [-0.1, -0.05) is 18.2 Å². The Balaban J connectivity index is 1.56. The smallest absolute Gasteiger partial charge is 0.257 e. The Morgan fingerprint density at radius 3 is 2.84 bits per heavy atom. The SMILES string of the molecule is O=C(Nc1ccncc1)C1CSCN1C(=O)c1c[nH]c2ccccc12. The van der Waals surface area contributed by atoms with Crippen molar-refractivity contribution >= 4 is 40.2 Å². The van der Waals surface area contributed by atoms with E-state index >= 15 is 0 Å². The van der Waals surface area contributed by atoms with Gasteiger partial charge in [-0.3, -0.25) is 14.6 Å². The molecule has 7 heteroatoms. The Bertz CT molecular complexity index is 925. The van der Waals surface area contributed by atoms with E-state index in [0.29, 0.717) is 22.9 Å². The highest BCUT2D eigenvalue weighted by molar-refractivity contribution is 7.99. The molecule has 0 saturated carbocycles. The van der Waals surface area contributed by atoms with Crippen LogP contribution < -0.4 is 5.32 Å². The fourth-order valence-corrected chi connectivity index (χ4v) is 4.08. The van der Waals surface area contributed by atoms with E-state index in [1.807, 2.05) is 24.3 Å². The molecule has 126 valence electrons. The minimum Gasteiger partial charge on any atom is -0.360 e. The molecule has 2 N–H and O–H groups in total. The fraction of sp³-hybridized carbons (Fsp3) is 0.167. The molecule has 0 radical (unpaired) electrons. The highest BCUT2D eigenvalue weighted by Crippen LogP contribution is 2.27. The first-order valence-corrected chi connectivity index (χ1v) is 9.05. The molecular weight excluding hydrogens is 336 g/mol. The average molecular weight is 352 g/mol. The maximum atomic E-state index is 13.0. The lowest BCUT2D eigenvalue weighted by atomic mass is 10.1. The number of amides is 2. The number of pyridine rings is 1. The zero-order chi connectivity index (χ0) is 17.2. The van der Waals surface area contributed by atoms with Gasteiger partial charge in [0.2, 0.25) is 5.91 Å². The van der Waals surface area contributed by atoms with Crippen LogP contribution in [0.5, 0.6) is 0 Å². The second-order valence-electron chi connectivity index (χ2n) is 5.76. The van der Waals surface area contributed by atoms with E-state index in [0.717, 1.165) is 10.9 Å². The van der Waals surface area contributed by atoms with Gasteiger partial charge >= 0.3 is 0 Å². The molecule has 4 rings (SSSR count). The van der Waals surface area contributed by atoms with Gasteiger partial charge in [0, 0.05) is 40.9 Å². The molecule has 2 aromatic heterocycles. The molecule has 3 aromatic rings. The van der Waals surface area contributed by atoms with Crippen molar-refractivity contribution in [1.29, 1.82) is 0 Å². The third kappa shape index (κ3) is 2.98. The summed E-state index contributed by atoms with van der Waals surface area (Å²) < 4.78 is 0. The summed E-state index contributed by atoms with van der Waals surface area (Å²) >= 11 is 1.58. The Morgan fingerprint density at radius 2 is 2.00 bits per heavy atom. The molecule has 0 aliphatic carbocycles. The van der Waals surface area contributed by atoms with Gasteiger partial charge in [-0.2, -0.15) is 0 Å². The molecule has 1 aliphatic rings. The largest absolute Gasteiger partial charge is 0.360 e. The minimum atomic E-state index is -0.487. The Labute approximate surface area is 148 Å². The number of benzene rings is 1. The Kier molecular flexibility index (Phi) is 4.15. The number of carbonyl (C=O) groups excluding carboxylic acids is 2. The van der Waals surface area contributed by atoms with Crippen LogP contribution in [0.1, 0.15) is 10.4 Å². The molecule has 0 bridgehead atoms. The number of para-hydroxylation sites is 1. The molecule has 1 aromatic carbocycles. The zero-order valence-electron chi connectivity index (χ0n) is 13.3. The fourth-order valence-electron chi connectivity index (χ4n) is 2.92. The number of nitrogens with zero attached hydrogens (tertiary/aromatic N) is 2. The number of thioether (sulfide) groups is 1. The highest BCUT2D eigenvalue weighted by atomic mass is 32.2. The van der Waals surface area contributed by atoms with E-state index < -0.39 is 6.04 Å². The number of rotatable bonds is 3. The molecule has 1 unspecified atom stereocenters. The van der Waals surface area contributed by atoms with Crippen molar-refractivity contribution in [3.63, 3.8) is 0 Å². The van der Waals surface area contributed by atoms with Gasteiger partial charge in [0.15, 0.2) is 0 Å². The number of hydrogen-bond donors (Lipinski definition) is 2. The van der Waals surface area contributed by atoms with Crippen molar-refractivity contribution in [1.82, 2.24) is 14.9 Å². The summed E-state index contributed by atoms with van der Waals surface area (Å²) in [5.41, 5.74) is 2.19. The highest BCUT2D eigenvalue weighted by Gasteiger charge is 2.35. The van der Waals surface area contributed by atoms with Crippen molar-refractivity contribution in [2.24, 2.45) is 0 Å². The summed E-state index contributed by atoms with van der Waals surface area (Å²) in [5.74, 6) is 0.791. The molecule has 25 heavy (non-hydrogen) atoms. The first kappa shape index (κ1) is 15.7. The number of hydrogen-bond acceptors (Lipinski definition) is 4. The maximum absolute atomic E-state index is 13.0. The van der Waals surface area contributed by atoms with Gasteiger partial charge in [0.25, 0.3) is 5.91 Å². The van der Waals surface area contributed by atoms with Gasteiger partial charge < -0.3 is 15.2 Å². The van der Waals surface area contributed by atoms with Crippen LogP contribution in [0, 0.1) is 0 Å². The van der Waals surface area contributed by atoms with Crippen molar-refractivity contribution in [2.75, 3.05) is 16.9 Å². The van der Waals surface area contributed by atoms with E-state index in [9.17, 15) is 9.59 Å². The maximum Gasteiger partial charge on any atom is 0.257 e. The molecular formula is C18H16N4O2S. The summed E-state index contributed by atoms with van der Waals surface area (Å²) in [4.78, 5) is 34.3. The third-order valence-corrected chi connectivity index (χ3v) is 5.23. The van der Waals surface area contributed by atoms with Crippen LogP contribution in [0.4, 0.5) is 5.69 Å². The van der Waals surface area contributed by atoms with Crippen molar-refractivity contribution in [2.45, 2.75) is 6.04 Å². The second-order valence-corrected chi connectivity index (χ2v) is 6.76. The number of H-pyrrole nitrogens is 1. The molecule has 0 spiro atoms. The molecule has 1 aliphatic heterocycles. The Hall–Kier alpha value is -2.80. The van der Waals surface area contributed by atoms with Crippen LogP contribution in [-0.4, -0.2) is 44.4 Å². The number of carbonyl (C=O) groups is 2. The van der Waals surface area contributed by atoms with Gasteiger partial charge in [0.1, 0.15) is 6.04 Å². The van der Waals surface area contributed by atoms with Gasteiger partial charge in [-0.25, -0.2) is 0 Å². The van der Waals surface area contributed by atoms with Crippen LogP contribution in [-0.2, 0) is 4.79 Å². The monoisotopic (exact) mass is 352 g/mol. The van der Waals surface area contributed by atoms with Crippen molar-refractivity contribution in [3.8, 4) is 0 Å². The average Bonchev–Trinajstić information content (AvgIpc) is 3.29. The first-order chi connectivity index (χ1) is 12.2. The topological polar surface area (TPSA) is 78.1 Å². The summed E-state index contributed by atoms with van der Waals surface area (Å²) in [6, 6.07) is 10.6. The summed E-state index contributed by atoms with van der Waals surface area (Å²) in [6.45, 7) is 0. The molecule has 1 saturated heterocycles. The van der Waals surface area contributed by atoms with Crippen LogP contribution >= 0.6 is 11.8 Å². The lowest BCUT2D eigenvalue weighted by Crippen LogP contribution is -2.44. The quantitative estimate of drug-likeness (QED) is 0.760. The molecule has 1 fully saturated rings. The number of fused-ring (bicyclic) bond motifs is 1. The number of aromatic nitrogens is 2. The number of nitrogens with one attached hydrogen (secondary N) is 2. The molecule has 3 heterocycles. The first-order valence-electron chi connectivity index (χ1n) is 7.90. The summed E-state index contributed by atoms with van der Waals surface area (Å²) in [5, 5.41) is 3.73. The van der Waals surface area contributed by atoms with Crippen molar-refractivity contribution < 1.29 is 9.59 Å². The summed E-state index contributed by atoms with van der Waals surface area (Å²) in [7, 11) is 0. The van der Waals surface area contributed by atoms with Crippen LogP contribution in [0.3, 0.4) is 0 Å². The molecule has 2 amide bonds. The van der Waals surface area contributed by atoms with E-state index in [2.05, 4.69) is 15.3 Å². The minimum absolute atomic E-state index is 0.127. The number of anilines is 1. The molecule has 1 atom stereocenters. The lowest BCUT2D eigenvalue weighted by Gasteiger charge is -2.22. The zero-order valence-corrected chi connectivity index (χ0v) is 14.1. The second kappa shape index (κ2) is 6.60. The summed E-state index contributed by atoms with van der Waals surface area (Å²) in [6.07, 6.45) is 4.95. The van der Waals surface area contributed by atoms with Crippen LogP contribution in [0.2, 0.25) is 0 Å². The van der Waals surface area contributed by atoms with E-state index in [-0.39, 0.29) is 11.8 Å². The molecule has 6 nitrogen and oxygen atoms in total. The van der Waals surface area contributed by atoms with E-state index in [4.69, 9.17) is 0 Å². The standard InChI is InChI=1S/C18H16N4O2S/c23-17(21-12-5-7-19-8-6-12)16-10-25-11-22(16)18(24)14-9-20-15-4-2-1-3-13(14)15/h1-9,16,20H,10-11H2,(H,19,21,23). The predicted molar refractivity (Wildman–Crippen MR) is 98.4 cm³/mol. The van der Waals surface area contributed by atoms with E-state index in [1.165, 1.54) is 0 Å². The van der Waals surface area contributed by atoms with E-state index in [1.54, 1.807) is 47.4 Å². The number of aromatic amines is 1. The lowest BCUT2D eigenvalue weighted by molar-refractivity contribution is -0.119. The van der Waals surface area contributed by atoms with Gasteiger partial charge in [-0.05, 0) is 18.2 Å². The van der Waals surface area contributed by atoms with Crippen LogP contribution in [0.15, 0.2) is 55.0 Å². The van der Waals surface area contributed by atoms with Gasteiger partial charge in [0.05, 0.1) is 11.4 Å². The van der Waals surface area contributed by atoms with Gasteiger partial charge in [-0.15, -0.1) is 11.8 Å². The Morgan fingerprint density at radius 1 is 1.20 bits per heavy atom. The van der Waals surface area contributed by atoms with Crippen molar-refractivity contribution in [3.05, 3.63) is 60.6 Å². The predicted octanol–water partition coefficient (Wildman–Crippen LogP) is 2.72.